The van der Waals surface area contributed by atoms with Gasteiger partial charge in [0.15, 0.2) is 12.8 Å². The van der Waals surface area contributed by atoms with Crippen molar-refractivity contribution in [3.05, 3.63) is 93.3 Å². The van der Waals surface area contributed by atoms with Crippen LogP contribution in [-0.2, 0) is 4.79 Å². The van der Waals surface area contributed by atoms with Crippen molar-refractivity contribution < 1.29 is 29.6 Å². The molecular weight excluding hydrogens is 665 g/mol. The lowest BCUT2D eigenvalue weighted by molar-refractivity contribution is -0.134. The van der Waals surface area contributed by atoms with Crippen LogP contribution in [0.3, 0.4) is 0 Å². The normalized spacial score (nSPS) is 18.0. The number of imidazole rings is 1. The predicted octanol–water partition coefficient (Wildman–Crippen LogP) is 3.29. The van der Waals surface area contributed by atoms with Gasteiger partial charge in [-0.1, -0.05) is 49.4 Å². The summed E-state index contributed by atoms with van der Waals surface area (Å²) in [7, 11) is 0. The molecule has 0 radical (unpaired) electrons. The van der Waals surface area contributed by atoms with E-state index in [9.17, 15) is 14.7 Å². The molecule has 0 bridgehead atoms. The summed E-state index contributed by atoms with van der Waals surface area (Å²) in [6.07, 6.45) is -1.20. The van der Waals surface area contributed by atoms with Crippen molar-refractivity contribution in [2.75, 3.05) is 32.9 Å². The third kappa shape index (κ3) is 6.77. The van der Waals surface area contributed by atoms with Crippen molar-refractivity contribution in [3.63, 3.8) is 0 Å². The SMILES string of the molecule is C[C@@H](c1ccccc1)[C@@H](c1nc2ccc(I)cc2[nH]1)N1C(=O)N[C@H](c2ccc(OCC(=O)N(CCO)CCO)cc2)[C@H]1O. The molecule has 226 valence electrons. The fourth-order valence-corrected chi connectivity index (χ4v) is 5.90. The van der Waals surface area contributed by atoms with Gasteiger partial charge >= 0.3 is 6.03 Å². The highest BCUT2D eigenvalue weighted by atomic mass is 127. The molecule has 11 nitrogen and oxygen atoms in total. The van der Waals surface area contributed by atoms with E-state index in [1.54, 1.807) is 24.3 Å². The molecule has 1 aliphatic rings. The van der Waals surface area contributed by atoms with Gasteiger partial charge < -0.3 is 35.3 Å². The smallest absolute Gasteiger partial charge is 0.320 e. The van der Waals surface area contributed by atoms with Gasteiger partial charge in [0.1, 0.15) is 23.7 Å². The first-order chi connectivity index (χ1) is 20.8. The zero-order valence-corrected chi connectivity index (χ0v) is 25.7. The molecule has 5 N–H and O–H groups in total. The van der Waals surface area contributed by atoms with E-state index in [4.69, 9.17) is 19.9 Å². The van der Waals surface area contributed by atoms with E-state index in [1.165, 1.54) is 9.80 Å². The number of aromatic amines is 1. The number of carbonyl (C=O) groups excluding carboxylic acids is 2. The van der Waals surface area contributed by atoms with E-state index in [1.807, 2.05) is 55.5 Å². The first-order valence-corrected chi connectivity index (χ1v) is 15.1. The van der Waals surface area contributed by atoms with Crippen LogP contribution in [0.4, 0.5) is 4.79 Å². The van der Waals surface area contributed by atoms with E-state index in [0.29, 0.717) is 17.1 Å². The summed E-state index contributed by atoms with van der Waals surface area (Å²) in [6, 6.07) is 20.8. The van der Waals surface area contributed by atoms with Gasteiger partial charge in [0.05, 0.1) is 24.2 Å². The number of H-pyrrole nitrogens is 1. The third-order valence-electron chi connectivity index (χ3n) is 7.63. The third-order valence-corrected chi connectivity index (χ3v) is 8.30. The van der Waals surface area contributed by atoms with Gasteiger partial charge in [-0.15, -0.1) is 0 Å². The van der Waals surface area contributed by atoms with Crippen molar-refractivity contribution in [3.8, 4) is 5.75 Å². The summed E-state index contributed by atoms with van der Waals surface area (Å²) < 4.78 is 6.67. The van der Waals surface area contributed by atoms with Crippen molar-refractivity contribution in [1.82, 2.24) is 25.1 Å². The summed E-state index contributed by atoms with van der Waals surface area (Å²) in [4.78, 5) is 36.9. The number of aliphatic hydroxyl groups excluding tert-OH is 3. The van der Waals surface area contributed by atoms with Crippen LogP contribution in [0.1, 0.15) is 41.9 Å². The number of aliphatic hydroxyl groups is 3. The number of carbonyl (C=O) groups is 2. The van der Waals surface area contributed by atoms with Crippen molar-refractivity contribution in [2.45, 2.75) is 31.2 Å². The number of benzene rings is 3. The lowest BCUT2D eigenvalue weighted by Gasteiger charge is -2.33. The van der Waals surface area contributed by atoms with Crippen molar-refractivity contribution in [2.24, 2.45) is 0 Å². The van der Waals surface area contributed by atoms with E-state index < -0.39 is 24.3 Å². The molecule has 3 amide bonds. The minimum Gasteiger partial charge on any atom is -0.484 e. The molecule has 0 aliphatic carbocycles. The number of nitrogens with one attached hydrogen (secondary N) is 2. The summed E-state index contributed by atoms with van der Waals surface area (Å²) in [5.74, 6) is 0.436. The number of halogens is 1. The summed E-state index contributed by atoms with van der Waals surface area (Å²) >= 11 is 2.24. The minimum atomic E-state index is -1.20. The lowest BCUT2D eigenvalue weighted by Crippen LogP contribution is -2.40. The predicted molar refractivity (Wildman–Crippen MR) is 168 cm³/mol. The molecule has 1 saturated heterocycles. The number of ether oxygens (including phenoxy) is 1. The van der Waals surface area contributed by atoms with Crippen LogP contribution in [-0.4, -0.2) is 86.2 Å². The Bertz CT molecular complexity index is 1540. The van der Waals surface area contributed by atoms with E-state index in [0.717, 1.165) is 20.2 Å². The standard InChI is InChI=1S/C31H34IN5O6/c1-19(20-5-3-2-4-6-20)28(29-33-24-12-9-22(32)17-25(24)34-29)37-30(41)27(35-31(37)42)21-7-10-23(11-8-21)43-18-26(40)36(13-15-38)14-16-39/h2-12,17,19,27-28,30,38-39,41H,13-16,18H2,1H3,(H,33,34)(H,35,42)/t19-,27+,28-,30+/m0/s1. The number of hydrogen-bond donors (Lipinski definition) is 5. The second-order valence-electron chi connectivity index (χ2n) is 10.4. The Morgan fingerprint density at radius 2 is 1.77 bits per heavy atom. The molecule has 0 saturated carbocycles. The van der Waals surface area contributed by atoms with Gasteiger partial charge in [0.25, 0.3) is 5.91 Å². The van der Waals surface area contributed by atoms with Gasteiger partial charge in [-0.05, 0) is 64.0 Å². The maximum absolute atomic E-state index is 13.5. The fraction of sp³-hybridized carbons (Fsp3) is 0.323. The average molecular weight is 700 g/mol. The number of nitrogens with zero attached hydrogens (tertiary/aromatic N) is 3. The van der Waals surface area contributed by atoms with Crippen LogP contribution in [0.2, 0.25) is 0 Å². The Morgan fingerprint density at radius 1 is 1.07 bits per heavy atom. The first-order valence-electron chi connectivity index (χ1n) is 14.0. The highest BCUT2D eigenvalue weighted by Gasteiger charge is 2.46. The Labute approximate surface area is 262 Å². The van der Waals surface area contributed by atoms with E-state index in [-0.39, 0.29) is 44.7 Å². The summed E-state index contributed by atoms with van der Waals surface area (Å²) in [5.41, 5.74) is 3.28. The molecule has 4 atom stereocenters. The van der Waals surface area contributed by atoms with Crippen LogP contribution in [0.5, 0.6) is 5.75 Å². The van der Waals surface area contributed by atoms with Crippen molar-refractivity contribution in [1.29, 1.82) is 0 Å². The van der Waals surface area contributed by atoms with Gasteiger partial charge in [-0.2, -0.15) is 0 Å². The molecule has 5 rings (SSSR count). The van der Waals surface area contributed by atoms with Crippen molar-refractivity contribution >= 4 is 45.6 Å². The number of hydrogen-bond acceptors (Lipinski definition) is 7. The molecule has 1 aromatic heterocycles. The summed E-state index contributed by atoms with van der Waals surface area (Å²) in [6.45, 7) is 1.54. The van der Waals surface area contributed by atoms with Crippen LogP contribution >= 0.6 is 22.6 Å². The average Bonchev–Trinajstić information content (AvgIpc) is 3.56. The van der Waals surface area contributed by atoms with E-state index in [2.05, 4.69) is 32.9 Å². The molecule has 2 heterocycles. The zero-order chi connectivity index (χ0) is 30.5. The Hall–Kier alpha value is -3.72. The molecule has 1 aliphatic heterocycles. The van der Waals surface area contributed by atoms with Gasteiger partial charge in [0.2, 0.25) is 0 Å². The Balaban J connectivity index is 1.37. The van der Waals surface area contributed by atoms with E-state index >= 15 is 0 Å². The van der Waals surface area contributed by atoms with Crippen LogP contribution in [0.25, 0.3) is 11.0 Å². The van der Waals surface area contributed by atoms with Crippen LogP contribution in [0, 0.1) is 3.57 Å². The number of urea groups is 1. The molecule has 43 heavy (non-hydrogen) atoms. The molecule has 0 spiro atoms. The second kappa shape index (κ2) is 13.7. The fourth-order valence-electron chi connectivity index (χ4n) is 5.41. The van der Waals surface area contributed by atoms with Crippen LogP contribution in [0.15, 0.2) is 72.8 Å². The lowest BCUT2D eigenvalue weighted by atomic mass is 9.91. The highest BCUT2D eigenvalue weighted by Crippen LogP contribution is 2.41. The quantitative estimate of drug-likeness (QED) is 0.143. The number of fused-ring (bicyclic) bond motifs is 1. The largest absolute Gasteiger partial charge is 0.484 e. The molecule has 3 aromatic carbocycles. The van der Waals surface area contributed by atoms with Gasteiger partial charge in [-0.25, -0.2) is 9.78 Å². The topological polar surface area (TPSA) is 151 Å². The molecular formula is C31H34IN5O6. The Morgan fingerprint density at radius 3 is 2.44 bits per heavy atom. The molecule has 1 fully saturated rings. The highest BCUT2D eigenvalue weighted by molar-refractivity contribution is 14.1. The number of aromatic nitrogens is 2. The van der Waals surface area contributed by atoms with Gasteiger partial charge in [-0.3, -0.25) is 9.69 Å². The number of rotatable bonds is 12. The maximum atomic E-state index is 13.5. The van der Waals surface area contributed by atoms with Crippen LogP contribution < -0.4 is 10.1 Å². The maximum Gasteiger partial charge on any atom is 0.320 e. The van der Waals surface area contributed by atoms with Gasteiger partial charge in [0, 0.05) is 22.6 Å². The monoisotopic (exact) mass is 699 g/mol. The molecule has 0 unspecified atom stereocenters. The summed E-state index contributed by atoms with van der Waals surface area (Å²) in [5, 5.41) is 32.8. The minimum absolute atomic E-state index is 0.106. The molecule has 12 heteroatoms. The zero-order valence-electron chi connectivity index (χ0n) is 23.6. The second-order valence-corrected chi connectivity index (χ2v) is 11.6. The Kier molecular flexibility index (Phi) is 9.80. The molecule has 4 aromatic rings. The first kappa shape index (κ1) is 30.7. The number of amides is 3.